The molecule has 0 aliphatic carbocycles. The summed E-state index contributed by atoms with van der Waals surface area (Å²) in [4.78, 5) is 35.1. The van der Waals surface area contributed by atoms with Crippen LogP contribution in [0.25, 0.3) is 11.3 Å². The van der Waals surface area contributed by atoms with Gasteiger partial charge in [0.15, 0.2) is 17.2 Å². The van der Waals surface area contributed by atoms with Crippen LogP contribution in [0.1, 0.15) is 25.8 Å². The van der Waals surface area contributed by atoms with Gasteiger partial charge in [-0.15, -0.1) is 0 Å². The number of nitrogens with zero attached hydrogens (tertiary/aromatic N) is 6. The van der Waals surface area contributed by atoms with E-state index in [0.29, 0.717) is 35.3 Å². The second-order valence-corrected chi connectivity index (χ2v) is 10.0. The summed E-state index contributed by atoms with van der Waals surface area (Å²) in [6.07, 6.45) is 6.41. The number of aromatic nitrogens is 4. The maximum atomic E-state index is 12.1. The Morgan fingerprint density at radius 1 is 1.14 bits per heavy atom. The average molecular weight is 473 g/mol. The molecule has 2 saturated heterocycles. The molecule has 0 radical (unpaired) electrons. The number of carbonyl (C=O) groups excluding carboxylic acids is 1. The van der Waals surface area contributed by atoms with Gasteiger partial charge in [0.05, 0.1) is 17.6 Å². The molecule has 2 fully saturated rings. The zero-order valence-electron chi connectivity index (χ0n) is 20.2. The van der Waals surface area contributed by atoms with E-state index in [9.17, 15) is 4.79 Å². The highest BCUT2D eigenvalue weighted by Crippen LogP contribution is 2.36. The molecule has 0 aromatic carbocycles. The third-order valence-corrected chi connectivity index (χ3v) is 7.04. The van der Waals surface area contributed by atoms with E-state index in [1.165, 1.54) is 6.42 Å². The number of likely N-dealkylation sites (N-methyl/N-ethyl adjacent to an activating group) is 1. The SMILES string of the molecule is Cc1cc(Nc2nccc(-c3cnc4c(c3)OC(C)(C)C(=O)N4)n2)cnc1N1CC2CC1CN2C. The molecule has 180 valence electrons. The summed E-state index contributed by atoms with van der Waals surface area (Å²) >= 11 is 0. The van der Waals surface area contributed by atoms with Crippen LogP contribution in [0.4, 0.5) is 23.3 Å². The van der Waals surface area contributed by atoms with E-state index in [0.717, 1.165) is 35.7 Å². The molecule has 0 saturated carbocycles. The Labute approximate surface area is 203 Å². The molecule has 6 rings (SSSR count). The molecule has 6 heterocycles. The normalized spacial score (nSPS) is 22.5. The maximum absolute atomic E-state index is 12.1. The highest BCUT2D eigenvalue weighted by molar-refractivity contribution is 5.99. The van der Waals surface area contributed by atoms with Crippen LogP contribution in [0.5, 0.6) is 5.75 Å². The molecule has 0 spiro atoms. The quantitative estimate of drug-likeness (QED) is 0.592. The number of amides is 1. The van der Waals surface area contributed by atoms with Crippen molar-refractivity contribution in [2.24, 2.45) is 0 Å². The molecular formula is C25H28N8O2. The molecule has 3 aliphatic heterocycles. The minimum atomic E-state index is -0.965. The number of hydrogen-bond donors (Lipinski definition) is 2. The van der Waals surface area contributed by atoms with Crippen LogP contribution >= 0.6 is 0 Å². The van der Waals surface area contributed by atoms with Crippen molar-refractivity contribution in [2.75, 3.05) is 35.7 Å². The van der Waals surface area contributed by atoms with E-state index >= 15 is 0 Å². The maximum Gasteiger partial charge on any atom is 0.269 e. The number of nitrogens with one attached hydrogen (secondary N) is 2. The molecule has 3 aliphatic rings. The number of ether oxygens (including phenoxy) is 1. The first-order valence-electron chi connectivity index (χ1n) is 11.8. The summed E-state index contributed by atoms with van der Waals surface area (Å²) in [5.41, 5.74) is 2.45. The Morgan fingerprint density at radius 2 is 2.00 bits per heavy atom. The topological polar surface area (TPSA) is 108 Å². The predicted octanol–water partition coefficient (Wildman–Crippen LogP) is 2.99. The number of pyridine rings is 2. The summed E-state index contributed by atoms with van der Waals surface area (Å²) in [6.45, 7) is 7.67. The lowest BCUT2D eigenvalue weighted by molar-refractivity contribution is -0.129. The van der Waals surface area contributed by atoms with Gasteiger partial charge in [-0.25, -0.2) is 19.9 Å². The molecule has 1 amide bonds. The number of piperazine rings is 1. The number of hydrogen-bond acceptors (Lipinski definition) is 9. The largest absolute Gasteiger partial charge is 0.474 e. The van der Waals surface area contributed by atoms with Crippen molar-refractivity contribution in [3.05, 3.63) is 42.4 Å². The summed E-state index contributed by atoms with van der Waals surface area (Å²) in [5.74, 6) is 2.22. The van der Waals surface area contributed by atoms with Gasteiger partial charge in [-0.05, 0) is 58.0 Å². The lowest BCUT2D eigenvalue weighted by Gasteiger charge is -2.33. The molecule has 2 unspecified atom stereocenters. The molecule has 35 heavy (non-hydrogen) atoms. The minimum absolute atomic E-state index is 0.224. The van der Waals surface area contributed by atoms with Crippen molar-refractivity contribution in [3.8, 4) is 17.0 Å². The van der Waals surface area contributed by atoms with Gasteiger partial charge in [0, 0.05) is 43.1 Å². The number of aryl methyl sites for hydroxylation is 1. The molecule has 10 nitrogen and oxygen atoms in total. The second kappa shape index (κ2) is 7.88. The minimum Gasteiger partial charge on any atom is -0.474 e. The summed E-state index contributed by atoms with van der Waals surface area (Å²) in [5, 5.41) is 6.06. The van der Waals surface area contributed by atoms with Crippen molar-refractivity contribution < 1.29 is 9.53 Å². The Morgan fingerprint density at radius 3 is 2.74 bits per heavy atom. The van der Waals surface area contributed by atoms with Crippen LogP contribution in [0.15, 0.2) is 36.8 Å². The van der Waals surface area contributed by atoms with Gasteiger partial charge in [0.2, 0.25) is 5.95 Å². The van der Waals surface area contributed by atoms with Crippen LogP contribution in [0.3, 0.4) is 0 Å². The van der Waals surface area contributed by atoms with Gasteiger partial charge in [-0.2, -0.15) is 0 Å². The van der Waals surface area contributed by atoms with E-state index in [1.807, 2.05) is 18.3 Å². The monoisotopic (exact) mass is 472 g/mol. The van der Waals surface area contributed by atoms with E-state index in [-0.39, 0.29) is 5.91 Å². The van der Waals surface area contributed by atoms with E-state index in [1.54, 1.807) is 26.2 Å². The van der Waals surface area contributed by atoms with Crippen molar-refractivity contribution >= 4 is 29.2 Å². The molecular weight excluding hydrogens is 444 g/mol. The first kappa shape index (κ1) is 21.7. The third-order valence-electron chi connectivity index (χ3n) is 7.04. The fourth-order valence-electron chi connectivity index (χ4n) is 5.11. The summed E-state index contributed by atoms with van der Waals surface area (Å²) < 4.78 is 5.86. The zero-order chi connectivity index (χ0) is 24.3. The van der Waals surface area contributed by atoms with Crippen molar-refractivity contribution in [1.82, 2.24) is 24.8 Å². The molecule has 3 aromatic rings. The lowest BCUT2D eigenvalue weighted by atomic mass is 10.1. The summed E-state index contributed by atoms with van der Waals surface area (Å²) in [6, 6.07) is 6.90. The van der Waals surface area contributed by atoms with Crippen molar-refractivity contribution in [3.63, 3.8) is 0 Å². The molecule has 3 aromatic heterocycles. The molecule has 2 bridgehead atoms. The number of anilines is 4. The highest BCUT2D eigenvalue weighted by atomic mass is 16.5. The van der Waals surface area contributed by atoms with Crippen LogP contribution in [-0.4, -0.2) is 68.6 Å². The third kappa shape index (κ3) is 3.83. The Balaban J connectivity index is 1.21. The van der Waals surface area contributed by atoms with Gasteiger partial charge in [-0.3, -0.25) is 9.69 Å². The fourth-order valence-corrected chi connectivity index (χ4v) is 5.11. The van der Waals surface area contributed by atoms with E-state index < -0.39 is 5.60 Å². The van der Waals surface area contributed by atoms with Crippen LogP contribution in [0, 0.1) is 6.92 Å². The number of carbonyl (C=O) groups is 1. The standard InChI is InChI=1S/C25H28N8O2/c1-14-7-16(11-28-22(14)33-13-17-9-18(33)12-32(17)4)29-24-26-6-5-19(30-24)15-8-20-21(27-10-15)31-23(34)25(2,3)35-20/h5-8,10-11,17-18H,9,12-13H2,1-4H3,(H,26,29,30)(H,27,31,34). The molecule has 10 heteroatoms. The fraction of sp³-hybridized carbons (Fsp3) is 0.400. The van der Waals surface area contributed by atoms with E-state index in [4.69, 9.17) is 9.72 Å². The first-order valence-corrected chi connectivity index (χ1v) is 11.8. The van der Waals surface area contributed by atoms with Crippen molar-refractivity contribution in [1.29, 1.82) is 0 Å². The number of rotatable bonds is 4. The van der Waals surface area contributed by atoms with Crippen LogP contribution < -0.4 is 20.3 Å². The molecule has 2 atom stereocenters. The van der Waals surface area contributed by atoms with Gasteiger partial charge in [-0.1, -0.05) is 0 Å². The first-order chi connectivity index (χ1) is 16.8. The summed E-state index contributed by atoms with van der Waals surface area (Å²) in [7, 11) is 2.20. The highest BCUT2D eigenvalue weighted by Gasteiger charge is 2.42. The van der Waals surface area contributed by atoms with Crippen molar-refractivity contribution in [2.45, 2.75) is 44.9 Å². The van der Waals surface area contributed by atoms with Gasteiger partial charge in [0.1, 0.15) is 5.82 Å². The number of fused-ring (bicyclic) bond motifs is 3. The smallest absolute Gasteiger partial charge is 0.269 e. The van der Waals surface area contributed by atoms with Crippen LogP contribution in [0.2, 0.25) is 0 Å². The van der Waals surface area contributed by atoms with Crippen LogP contribution in [-0.2, 0) is 4.79 Å². The number of likely N-dealkylation sites (tertiary alicyclic amines) is 1. The Bertz CT molecular complexity index is 1320. The van der Waals surface area contributed by atoms with Gasteiger partial charge >= 0.3 is 0 Å². The Kier molecular flexibility index (Phi) is 4.89. The van der Waals surface area contributed by atoms with Gasteiger partial charge in [0.25, 0.3) is 5.91 Å². The average Bonchev–Trinajstić information content (AvgIpc) is 3.39. The lowest BCUT2D eigenvalue weighted by Crippen LogP contribution is -2.45. The second-order valence-electron chi connectivity index (χ2n) is 10.0. The van der Waals surface area contributed by atoms with Gasteiger partial charge < -0.3 is 20.3 Å². The molecule has 2 N–H and O–H groups in total. The Hall–Kier alpha value is -3.79. The zero-order valence-corrected chi connectivity index (χ0v) is 20.2. The van der Waals surface area contributed by atoms with E-state index in [2.05, 4.69) is 55.4 Å². The predicted molar refractivity (Wildman–Crippen MR) is 133 cm³/mol.